The van der Waals surface area contributed by atoms with Crippen LogP contribution in [0.5, 0.6) is 11.5 Å². The Bertz CT molecular complexity index is 722. The average molecular weight is 344 g/mol. The molecule has 0 saturated heterocycles. The molecule has 0 spiro atoms. The van der Waals surface area contributed by atoms with Gasteiger partial charge in [0.2, 0.25) is 0 Å². The number of carbonyl (C=O) groups is 1. The van der Waals surface area contributed by atoms with Gasteiger partial charge in [-0.05, 0) is 18.2 Å². The first-order chi connectivity index (χ1) is 10.5. The molecule has 0 saturated carbocycles. The SMILES string of the molecule is COc1ccc(NC(=O)c2cc(Cl)c(OC)cc2Cl)cc1F. The molecule has 0 heterocycles. The molecule has 1 N–H and O–H groups in total. The number of anilines is 1. The van der Waals surface area contributed by atoms with Crippen LogP contribution < -0.4 is 14.8 Å². The van der Waals surface area contributed by atoms with Crippen LogP contribution in [0.3, 0.4) is 0 Å². The van der Waals surface area contributed by atoms with Crippen molar-refractivity contribution in [3.8, 4) is 11.5 Å². The highest BCUT2D eigenvalue weighted by molar-refractivity contribution is 6.37. The summed E-state index contributed by atoms with van der Waals surface area (Å²) >= 11 is 12.0. The first kappa shape index (κ1) is 16.4. The Morgan fingerprint density at radius 3 is 2.32 bits per heavy atom. The van der Waals surface area contributed by atoms with Crippen LogP contribution >= 0.6 is 23.2 Å². The van der Waals surface area contributed by atoms with E-state index in [1.807, 2.05) is 0 Å². The molecule has 0 bridgehead atoms. The van der Waals surface area contributed by atoms with Crippen LogP contribution in [0.2, 0.25) is 10.0 Å². The van der Waals surface area contributed by atoms with E-state index in [4.69, 9.17) is 32.7 Å². The number of methoxy groups -OCH3 is 2. The molecule has 2 aromatic rings. The summed E-state index contributed by atoms with van der Waals surface area (Å²) in [4.78, 5) is 12.2. The second-order valence-corrected chi connectivity index (χ2v) is 5.08. The summed E-state index contributed by atoms with van der Waals surface area (Å²) in [5, 5.41) is 2.96. The second kappa shape index (κ2) is 6.85. The summed E-state index contributed by atoms with van der Waals surface area (Å²) in [6, 6.07) is 6.90. The molecule has 22 heavy (non-hydrogen) atoms. The van der Waals surface area contributed by atoms with Gasteiger partial charge >= 0.3 is 0 Å². The van der Waals surface area contributed by atoms with Gasteiger partial charge in [0.15, 0.2) is 11.6 Å². The van der Waals surface area contributed by atoms with Crippen molar-refractivity contribution in [3.63, 3.8) is 0 Å². The molecular formula is C15H12Cl2FNO3. The molecule has 1 amide bonds. The molecule has 116 valence electrons. The molecule has 0 unspecified atom stereocenters. The third kappa shape index (κ3) is 3.43. The van der Waals surface area contributed by atoms with Crippen molar-refractivity contribution >= 4 is 34.8 Å². The molecule has 0 aromatic heterocycles. The zero-order chi connectivity index (χ0) is 16.3. The van der Waals surface area contributed by atoms with E-state index in [0.29, 0.717) is 5.75 Å². The molecule has 2 rings (SSSR count). The van der Waals surface area contributed by atoms with Gasteiger partial charge in [-0.3, -0.25) is 4.79 Å². The van der Waals surface area contributed by atoms with Crippen molar-refractivity contribution in [1.82, 2.24) is 0 Å². The van der Waals surface area contributed by atoms with E-state index >= 15 is 0 Å². The lowest BCUT2D eigenvalue weighted by Crippen LogP contribution is -2.13. The maximum atomic E-state index is 13.6. The second-order valence-electron chi connectivity index (χ2n) is 4.27. The van der Waals surface area contributed by atoms with E-state index < -0.39 is 11.7 Å². The van der Waals surface area contributed by atoms with Crippen LogP contribution in [0, 0.1) is 5.82 Å². The predicted octanol–water partition coefficient (Wildman–Crippen LogP) is 4.40. The van der Waals surface area contributed by atoms with Crippen molar-refractivity contribution in [2.45, 2.75) is 0 Å². The first-order valence-electron chi connectivity index (χ1n) is 6.14. The predicted molar refractivity (Wildman–Crippen MR) is 83.9 cm³/mol. The molecule has 0 aliphatic rings. The van der Waals surface area contributed by atoms with Crippen LogP contribution in [0.25, 0.3) is 0 Å². The lowest BCUT2D eigenvalue weighted by Gasteiger charge is -2.10. The third-order valence-electron chi connectivity index (χ3n) is 2.90. The zero-order valence-electron chi connectivity index (χ0n) is 11.7. The minimum Gasteiger partial charge on any atom is -0.495 e. The molecule has 7 heteroatoms. The number of halogens is 3. The highest BCUT2D eigenvalue weighted by Gasteiger charge is 2.15. The van der Waals surface area contributed by atoms with Crippen LogP contribution in [0.15, 0.2) is 30.3 Å². The molecule has 0 atom stereocenters. The van der Waals surface area contributed by atoms with Gasteiger partial charge in [-0.1, -0.05) is 23.2 Å². The Kier molecular flexibility index (Phi) is 5.11. The lowest BCUT2D eigenvalue weighted by atomic mass is 10.2. The first-order valence-corrected chi connectivity index (χ1v) is 6.89. The van der Waals surface area contributed by atoms with Crippen LogP contribution in [0.1, 0.15) is 10.4 Å². The van der Waals surface area contributed by atoms with Gasteiger partial charge < -0.3 is 14.8 Å². The fourth-order valence-corrected chi connectivity index (χ4v) is 2.28. The topological polar surface area (TPSA) is 47.6 Å². The third-order valence-corrected chi connectivity index (χ3v) is 3.50. The van der Waals surface area contributed by atoms with E-state index in [-0.39, 0.29) is 27.0 Å². The van der Waals surface area contributed by atoms with Crippen LogP contribution in [-0.2, 0) is 0 Å². The average Bonchev–Trinajstić information content (AvgIpc) is 2.49. The summed E-state index contributed by atoms with van der Waals surface area (Å²) in [5.41, 5.74) is 0.426. The fraction of sp³-hybridized carbons (Fsp3) is 0.133. The number of ether oxygens (including phenoxy) is 2. The quantitative estimate of drug-likeness (QED) is 0.894. The van der Waals surface area contributed by atoms with E-state index in [9.17, 15) is 9.18 Å². The number of carbonyl (C=O) groups excluding carboxylic acids is 1. The minimum atomic E-state index is -0.584. The van der Waals surface area contributed by atoms with Crippen molar-refractivity contribution < 1.29 is 18.7 Å². The Balaban J connectivity index is 2.26. The summed E-state index contributed by atoms with van der Waals surface area (Å²) in [6.45, 7) is 0. The molecule has 4 nitrogen and oxygen atoms in total. The van der Waals surface area contributed by atoms with Gasteiger partial charge in [0.05, 0.1) is 29.8 Å². The van der Waals surface area contributed by atoms with Gasteiger partial charge in [-0.15, -0.1) is 0 Å². The maximum absolute atomic E-state index is 13.6. The summed E-state index contributed by atoms with van der Waals surface area (Å²) in [5.74, 6) is -0.652. The van der Waals surface area contributed by atoms with Crippen LogP contribution in [-0.4, -0.2) is 20.1 Å². The van der Waals surface area contributed by atoms with Gasteiger partial charge in [0.25, 0.3) is 5.91 Å². The highest BCUT2D eigenvalue weighted by atomic mass is 35.5. The normalized spacial score (nSPS) is 10.2. The Morgan fingerprint density at radius 1 is 1.05 bits per heavy atom. The summed E-state index contributed by atoms with van der Waals surface area (Å²) in [7, 11) is 2.80. The molecule has 2 aromatic carbocycles. The van der Waals surface area contributed by atoms with Crippen molar-refractivity contribution in [2.24, 2.45) is 0 Å². The van der Waals surface area contributed by atoms with E-state index in [0.717, 1.165) is 6.07 Å². The number of amides is 1. The Hall–Kier alpha value is -1.98. The monoisotopic (exact) mass is 343 g/mol. The molecule has 0 aliphatic carbocycles. The number of nitrogens with one attached hydrogen (secondary N) is 1. The fourth-order valence-electron chi connectivity index (χ4n) is 1.80. The summed E-state index contributed by atoms with van der Waals surface area (Å²) in [6.07, 6.45) is 0. The number of hydrogen-bond acceptors (Lipinski definition) is 3. The van der Waals surface area contributed by atoms with Gasteiger partial charge in [0, 0.05) is 17.8 Å². The van der Waals surface area contributed by atoms with Crippen LogP contribution in [0.4, 0.5) is 10.1 Å². The lowest BCUT2D eigenvalue weighted by molar-refractivity contribution is 0.102. The number of hydrogen-bond donors (Lipinski definition) is 1. The molecular weight excluding hydrogens is 332 g/mol. The number of benzene rings is 2. The standard InChI is InChI=1S/C15H12Cl2FNO3/c1-21-13-4-3-8(5-12(13)18)19-15(20)9-6-11(17)14(22-2)7-10(9)16/h3-7H,1-2H3,(H,19,20). The smallest absolute Gasteiger partial charge is 0.257 e. The molecule has 0 fully saturated rings. The molecule has 0 aliphatic heterocycles. The number of rotatable bonds is 4. The van der Waals surface area contributed by atoms with E-state index in [1.165, 1.54) is 38.5 Å². The van der Waals surface area contributed by atoms with Crippen molar-refractivity contribution in [1.29, 1.82) is 0 Å². The van der Waals surface area contributed by atoms with Gasteiger partial charge in [0.1, 0.15) is 5.75 Å². The van der Waals surface area contributed by atoms with Crippen molar-refractivity contribution in [2.75, 3.05) is 19.5 Å². The minimum absolute atomic E-state index is 0.0866. The van der Waals surface area contributed by atoms with E-state index in [2.05, 4.69) is 5.32 Å². The van der Waals surface area contributed by atoms with E-state index in [1.54, 1.807) is 0 Å². The van der Waals surface area contributed by atoms with Gasteiger partial charge in [-0.25, -0.2) is 4.39 Å². The Morgan fingerprint density at radius 2 is 1.73 bits per heavy atom. The molecule has 0 radical (unpaired) electrons. The van der Waals surface area contributed by atoms with Gasteiger partial charge in [-0.2, -0.15) is 0 Å². The zero-order valence-corrected chi connectivity index (χ0v) is 13.3. The summed E-state index contributed by atoms with van der Waals surface area (Å²) < 4.78 is 23.4. The largest absolute Gasteiger partial charge is 0.495 e. The highest BCUT2D eigenvalue weighted by Crippen LogP contribution is 2.31. The Labute approximate surface area is 136 Å². The van der Waals surface area contributed by atoms with Crippen molar-refractivity contribution in [3.05, 3.63) is 51.8 Å². The maximum Gasteiger partial charge on any atom is 0.257 e.